The third-order valence-electron chi connectivity index (χ3n) is 4.47. The van der Waals surface area contributed by atoms with Crippen LogP contribution in [0.2, 0.25) is 0 Å². The Morgan fingerprint density at radius 2 is 1.90 bits per heavy atom. The van der Waals surface area contributed by atoms with Crippen LogP contribution in [0.1, 0.15) is 52.2 Å². The van der Waals surface area contributed by atoms with Crippen molar-refractivity contribution in [1.29, 1.82) is 0 Å². The fraction of sp³-hybridized carbons (Fsp3) is 0.824. The van der Waals surface area contributed by atoms with Gasteiger partial charge in [0.05, 0.1) is 6.54 Å². The van der Waals surface area contributed by atoms with Crippen molar-refractivity contribution in [3.8, 4) is 0 Å². The molecule has 0 aliphatic carbocycles. The Hall–Kier alpha value is -0.450. The zero-order valence-corrected chi connectivity index (χ0v) is 15.5. The Labute approximate surface area is 134 Å². The number of aryl methyl sites for hydroxylation is 1. The molecule has 1 aromatic heterocycles. The molecule has 0 radical (unpaired) electrons. The smallest absolute Gasteiger partial charge is 0.107 e. The first-order valence-corrected chi connectivity index (χ1v) is 8.84. The van der Waals surface area contributed by atoms with Crippen molar-refractivity contribution >= 4 is 11.3 Å². The van der Waals surface area contributed by atoms with Gasteiger partial charge in [0.15, 0.2) is 0 Å². The predicted octanol–water partition coefficient (Wildman–Crippen LogP) is 3.69. The van der Waals surface area contributed by atoms with Crippen LogP contribution in [0.5, 0.6) is 0 Å². The van der Waals surface area contributed by atoms with Crippen molar-refractivity contribution in [3.63, 3.8) is 0 Å². The van der Waals surface area contributed by atoms with Crippen molar-refractivity contribution in [3.05, 3.63) is 16.1 Å². The van der Waals surface area contributed by atoms with Gasteiger partial charge < -0.3 is 5.32 Å². The molecule has 2 rings (SSSR count). The lowest BCUT2D eigenvalue weighted by Crippen LogP contribution is -2.63. The van der Waals surface area contributed by atoms with E-state index >= 15 is 0 Å². The summed E-state index contributed by atoms with van der Waals surface area (Å²) in [5, 5.41) is 7.18. The van der Waals surface area contributed by atoms with Gasteiger partial charge in [-0.3, -0.25) is 4.90 Å². The fourth-order valence-electron chi connectivity index (χ4n) is 3.07. The first-order valence-electron chi connectivity index (χ1n) is 7.96. The van der Waals surface area contributed by atoms with Gasteiger partial charge in [0.1, 0.15) is 5.01 Å². The molecular weight excluding hydrogens is 278 g/mol. The van der Waals surface area contributed by atoms with E-state index in [-0.39, 0.29) is 5.41 Å². The van der Waals surface area contributed by atoms with E-state index in [0.717, 1.165) is 25.3 Å². The van der Waals surface area contributed by atoms with Crippen LogP contribution in [-0.4, -0.2) is 35.1 Å². The minimum Gasteiger partial charge on any atom is -0.311 e. The Morgan fingerprint density at radius 3 is 2.38 bits per heavy atom. The SMILES string of the molecule is Cc1csc(CN2CC(C(C)(C)C)NCC2C(C)(C)C)n1. The quantitative estimate of drug-likeness (QED) is 0.903. The molecule has 0 aromatic carbocycles. The second-order valence-corrected chi connectivity index (χ2v) is 9.46. The largest absolute Gasteiger partial charge is 0.311 e. The zero-order chi connectivity index (χ0) is 15.8. The van der Waals surface area contributed by atoms with Crippen LogP contribution in [0.4, 0.5) is 0 Å². The summed E-state index contributed by atoms with van der Waals surface area (Å²) in [4.78, 5) is 7.31. The summed E-state index contributed by atoms with van der Waals surface area (Å²) in [5.41, 5.74) is 1.71. The molecule has 1 saturated heterocycles. The molecule has 4 heteroatoms. The number of thiazole rings is 1. The maximum atomic E-state index is 4.66. The summed E-state index contributed by atoms with van der Waals surface area (Å²) in [6, 6.07) is 1.09. The molecule has 1 aliphatic rings. The average Bonchev–Trinajstić information content (AvgIpc) is 2.72. The lowest BCUT2D eigenvalue weighted by atomic mass is 9.79. The minimum absolute atomic E-state index is 0.280. The van der Waals surface area contributed by atoms with E-state index < -0.39 is 0 Å². The monoisotopic (exact) mass is 309 g/mol. The molecule has 0 saturated carbocycles. The average molecular weight is 310 g/mol. The molecule has 2 unspecified atom stereocenters. The molecule has 1 N–H and O–H groups in total. The number of piperazine rings is 1. The van der Waals surface area contributed by atoms with Gasteiger partial charge in [0.2, 0.25) is 0 Å². The van der Waals surface area contributed by atoms with Crippen LogP contribution in [-0.2, 0) is 6.54 Å². The maximum absolute atomic E-state index is 4.66. The van der Waals surface area contributed by atoms with E-state index in [0.29, 0.717) is 17.5 Å². The first-order chi connectivity index (χ1) is 9.57. The molecule has 1 fully saturated rings. The molecular formula is C17H31N3S. The Kier molecular flexibility index (Phi) is 4.81. The summed E-state index contributed by atoms with van der Waals surface area (Å²) in [7, 11) is 0. The highest BCUT2D eigenvalue weighted by Gasteiger charge is 2.39. The van der Waals surface area contributed by atoms with Gasteiger partial charge in [0.25, 0.3) is 0 Å². The van der Waals surface area contributed by atoms with E-state index in [1.165, 1.54) is 5.01 Å². The van der Waals surface area contributed by atoms with E-state index in [2.05, 4.69) is 69.0 Å². The summed E-state index contributed by atoms with van der Waals surface area (Å²) in [5.74, 6) is 0. The second kappa shape index (κ2) is 5.98. The molecule has 0 spiro atoms. The Bertz CT molecular complexity index is 467. The number of nitrogens with one attached hydrogen (secondary N) is 1. The van der Waals surface area contributed by atoms with Gasteiger partial charge in [-0.15, -0.1) is 11.3 Å². The van der Waals surface area contributed by atoms with Crippen LogP contribution in [0.3, 0.4) is 0 Å². The lowest BCUT2D eigenvalue weighted by Gasteiger charge is -2.49. The number of hydrogen-bond donors (Lipinski definition) is 1. The summed E-state index contributed by atoms with van der Waals surface area (Å²) in [6.07, 6.45) is 0. The Morgan fingerprint density at radius 1 is 1.24 bits per heavy atom. The molecule has 1 aromatic rings. The van der Waals surface area contributed by atoms with Crippen LogP contribution < -0.4 is 5.32 Å². The third kappa shape index (κ3) is 4.27. The molecule has 2 heterocycles. The van der Waals surface area contributed by atoms with Gasteiger partial charge in [-0.05, 0) is 17.8 Å². The van der Waals surface area contributed by atoms with Gasteiger partial charge in [0, 0.05) is 36.2 Å². The number of aromatic nitrogens is 1. The van der Waals surface area contributed by atoms with Crippen LogP contribution in [0.15, 0.2) is 5.38 Å². The Balaban J connectivity index is 2.16. The zero-order valence-electron chi connectivity index (χ0n) is 14.7. The van der Waals surface area contributed by atoms with Crippen molar-refractivity contribution < 1.29 is 0 Å². The highest BCUT2D eigenvalue weighted by molar-refractivity contribution is 7.09. The molecule has 3 nitrogen and oxygen atoms in total. The highest BCUT2D eigenvalue weighted by Crippen LogP contribution is 2.31. The third-order valence-corrected chi connectivity index (χ3v) is 5.42. The molecule has 21 heavy (non-hydrogen) atoms. The molecule has 0 bridgehead atoms. The summed E-state index contributed by atoms with van der Waals surface area (Å²) in [6.45, 7) is 19.2. The molecule has 0 amide bonds. The predicted molar refractivity (Wildman–Crippen MR) is 91.7 cm³/mol. The standard InChI is InChI=1S/C17H31N3S/c1-12-11-21-15(19-12)10-20-9-13(16(2,3)4)18-8-14(20)17(5,6)7/h11,13-14,18H,8-10H2,1-7H3. The lowest BCUT2D eigenvalue weighted by molar-refractivity contribution is 0.0247. The summed E-state index contributed by atoms with van der Waals surface area (Å²) < 4.78 is 0. The second-order valence-electron chi connectivity index (χ2n) is 8.52. The van der Waals surface area contributed by atoms with Crippen LogP contribution >= 0.6 is 11.3 Å². The van der Waals surface area contributed by atoms with E-state index in [9.17, 15) is 0 Å². The topological polar surface area (TPSA) is 28.2 Å². The normalized spacial score (nSPS) is 25.3. The van der Waals surface area contributed by atoms with Gasteiger partial charge in [-0.25, -0.2) is 4.98 Å². The minimum atomic E-state index is 0.280. The molecule has 120 valence electrons. The fourth-order valence-corrected chi connectivity index (χ4v) is 3.86. The van der Waals surface area contributed by atoms with E-state index in [4.69, 9.17) is 0 Å². The van der Waals surface area contributed by atoms with Crippen molar-refractivity contribution in [2.45, 2.75) is 67.1 Å². The van der Waals surface area contributed by atoms with Crippen molar-refractivity contribution in [2.75, 3.05) is 13.1 Å². The van der Waals surface area contributed by atoms with Gasteiger partial charge in [-0.2, -0.15) is 0 Å². The number of nitrogens with zero attached hydrogens (tertiary/aromatic N) is 2. The molecule has 2 atom stereocenters. The maximum Gasteiger partial charge on any atom is 0.107 e. The molecule has 1 aliphatic heterocycles. The van der Waals surface area contributed by atoms with Crippen LogP contribution in [0.25, 0.3) is 0 Å². The number of hydrogen-bond acceptors (Lipinski definition) is 4. The van der Waals surface area contributed by atoms with Gasteiger partial charge in [-0.1, -0.05) is 41.5 Å². The summed E-state index contributed by atoms with van der Waals surface area (Å²) >= 11 is 1.79. The van der Waals surface area contributed by atoms with Crippen molar-refractivity contribution in [1.82, 2.24) is 15.2 Å². The van der Waals surface area contributed by atoms with Gasteiger partial charge >= 0.3 is 0 Å². The van der Waals surface area contributed by atoms with E-state index in [1.807, 2.05) is 0 Å². The highest BCUT2D eigenvalue weighted by atomic mass is 32.1. The number of rotatable bonds is 2. The first kappa shape index (κ1) is 16.9. The van der Waals surface area contributed by atoms with Crippen LogP contribution in [0, 0.1) is 17.8 Å². The van der Waals surface area contributed by atoms with E-state index in [1.54, 1.807) is 11.3 Å². The van der Waals surface area contributed by atoms with Crippen molar-refractivity contribution in [2.24, 2.45) is 10.8 Å².